The first-order valence-electron chi connectivity index (χ1n) is 9.20. The fourth-order valence-electron chi connectivity index (χ4n) is 2.54. The molecule has 11 nitrogen and oxygen atoms in total. The largest absolute Gasteiger partial charge is 0.300 e. The number of carbonyl (C=O) groups is 1. The van der Waals surface area contributed by atoms with Crippen LogP contribution in [0.3, 0.4) is 0 Å². The zero-order chi connectivity index (χ0) is 23.6. The third kappa shape index (κ3) is 10.8. The smallest absolute Gasteiger partial charge is 0.265 e. The average molecular weight is 523 g/mol. The van der Waals surface area contributed by atoms with E-state index in [1.807, 2.05) is 0 Å². The van der Waals surface area contributed by atoms with E-state index in [9.17, 15) is 21.6 Å². The highest BCUT2D eigenvalue weighted by molar-refractivity contribution is 8.00. The standard InChI is InChI=1S/C17H22N4O7S4/c22-13(9-16(14-11-18-1-3-20-14)29-5-7-31(23,24)25)10-17(15-12-19-2-4-21-15)30-6-8-32(26,27)28/h1-4,11-12,16-17H,5-10H2,(H,23,24,25)(H,26,27,28). The number of hydrogen-bond donors (Lipinski definition) is 2. The first-order chi connectivity index (χ1) is 15.0. The monoisotopic (exact) mass is 522 g/mol. The normalized spacial score (nSPS) is 14.1. The zero-order valence-corrected chi connectivity index (χ0v) is 20.0. The minimum absolute atomic E-state index is 0.0183. The summed E-state index contributed by atoms with van der Waals surface area (Å²) in [5.74, 6) is -0.990. The number of thioether (sulfide) groups is 2. The molecular formula is C17H22N4O7S4. The average Bonchev–Trinajstić information content (AvgIpc) is 2.72. The lowest BCUT2D eigenvalue weighted by Gasteiger charge is -2.18. The van der Waals surface area contributed by atoms with Crippen molar-refractivity contribution in [3.05, 3.63) is 48.6 Å². The molecule has 2 N–H and O–H groups in total. The quantitative estimate of drug-likeness (QED) is 0.342. The minimum Gasteiger partial charge on any atom is -0.300 e. The highest BCUT2D eigenvalue weighted by Crippen LogP contribution is 2.35. The lowest BCUT2D eigenvalue weighted by Crippen LogP contribution is -2.14. The van der Waals surface area contributed by atoms with Crippen molar-refractivity contribution in [2.75, 3.05) is 23.0 Å². The van der Waals surface area contributed by atoms with Gasteiger partial charge in [0.25, 0.3) is 20.2 Å². The summed E-state index contributed by atoms with van der Waals surface area (Å²) in [6.07, 6.45) is 8.88. The molecule has 32 heavy (non-hydrogen) atoms. The molecule has 2 rings (SSSR count). The molecular weight excluding hydrogens is 500 g/mol. The number of hydrogen-bond acceptors (Lipinski definition) is 11. The van der Waals surface area contributed by atoms with E-state index < -0.39 is 42.2 Å². The van der Waals surface area contributed by atoms with E-state index in [0.29, 0.717) is 11.4 Å². The first-order valence-corrected chi connectivity index (χ1v) is 14.5. The van der Waals surface area contributed by atoms with Crippen LogP contribution in [0.15, 0.2) is 37.2 Å². The molecule has 15 heteroatoms. The molecule has 2 atom stereocenters. The van der Waals surface area contributed by atoms with Crippen LogP contribution in [0, 0.1) is 0 Å². The van der Waals surface area contributed by atoms with Crippen molar-refractivity contribution in [2.45, 2.75) is 23.3 Å². The molecule has 0 spiro atoms. The van der Waals surface area contributed by atoms with Crippen LogP contribution in [-0.2, 0) is 25.0 Å². The highest BCUT2D eigenvalue weighted by Gasteiger charge is 2.24. The Balaban J connectivity index is 2.09. The van der Waals surface area contributed by atoms with Crippen LogP contribution < -0.4 is 0 Å². The predicted molar refractivity (Wildman–Crippen MR) is 122 cm³/mol. The maximum absolute atomic E-state index is 12.9. The van der Waals surface area contributed by atoms with Crippen LogP contribution in [-0.4, -0.2) is 74.7 Å². The molecule has 0 aliphatic heterocycles. The fourth-order valence-corrected chi connectivity index (χ4v) is 6.76. The van der Waals surface area contributed by atoms with Gasteiger partial charge in [0, 0.05) is 61.5 Å². The van der Waals surface area contributed by atoms with Gasteiger partial charge in [-0.05, 0) is 0 Å². The Hall–Kier alpha value is -1.65. The second-order valence-electron chi connectivity index (χ2n) is 6.50. The Morgan fingerprint density at radius 2 is 1.19 bits per heavy atom. The molecule has 0 amide bonds. The van der Waals surface area contributed by atoms with E-state index >= 15 is 0 Å². The number of Topliss-reactive ketones (excluding diaryl/α,β-unsaturated/α-hetero) is 1. The molecule has 0 radical (unpaired) electrons. The van der Waals surface area contributed by atoms with E-state index in [4.69, 9.17) is 9.11 Å². The topological polar surface area (TPSA) is 177 Å². The molecule has 0 saturated heterocycles. The van der Waals surface area contributed by atoms with E-state index in [1.165, 1.54) is 37.2 Å². The second kappa shape index (κ2) is 12.6. The van der Waals surface area contributed by atoms with Crippen molar-refractivity contribution in [1.29, 1.82) is 0 Å². The predicted octanol–water partition coefficient (Wildman–Crippen LogP) is 1.64. The molecule has 176 valence electrons. The highest BCUT2D eigenvalue weighted by atomic mass is 32.2. The van der Waals surface area contributed by atoms with E-state index in [2.05, 4.69) is 19.9 Å². The Morgan fingerprint density at radius 3 is 1.50 bits per heavy atom. The van der Waals surface area contributed by atoms with E-state index in [0.717, 1.165) is 23.5 Å². The lowest BCUT2D eigenvalue weighted by atomic mass is 10.1. The van der Waals surface area contributed by atoms with Gasteiger partial charge in [0.2, 0.25) is 0 Å². The maximum Gasteiger partial charge on any atom is 0.265 e. The Kier molecular flexibility index (Phi) is 10.4. The third-order valence-corrected chi connectivity index (χ3v) is 8.43. The SMILES string of the molecule is O=C(CC(SCCS(=O)(=O)O)c1cnccn1)CC(SCCS(=O)(=O)O)c1cnccn1. The van der Waals surface area contributed by atoms with Crippen molar-refractivity contribution >= 4 is 49.5 Å². The van der Waals surface area contributed by atoms with Gasteiger partial charge in [-0.25, -0.2) is 0 Å². The molecule has 2 heterocycles. The molecule has 0 aliphatic carbocycles. The first kappa shape index (κ1) is 26.6. The van der Waals surface area contributed by atoms with Gasteiger partial charge in [-0.15, -0.1) is 0 Å². The Morgan fingerprint density at radius 1 is 0.781 bits per heavy atom. The summed E-state index contributed by atoms with van der Waals surface area (Å²) in [5, 5.41) is -0.966. The molecule has 2 unspecified atom stereocenters. The minimum atomic E-state index is -4.14. The van der Waals surface area contributed by atoms with Gasteiger partial charge in [0.05, 0.1) is 33.4 Å². The summed E-state index contributed by atoms with van der Waals surface area (Å²) in [6, 6.07) is 0. The van der Waals surface area contributed by atoms with Crippen molar-refractivity contribution < 1.29 is 30.7 Å². The number of aromatic nitrogens is 4. The molecule has 0 bridgehead atoms. The number of carbonyl (C=O) groups excluding carboxylic acids is 1. The summed E-state index contributed by atoms with van der Waals surface area (Å²) in [5.41, 5.74) is 0.993. The third-order valence-electron chi connectivity index (χ3n) is 3.97. The molecule has 0 aliphatic rings. The van der Waals surface area contributed by atoms with Crippen LogP contribution in [0.5, 0.6) is 0 Å². The Bertz CT molecular complexity index is 985. The fraction of sp³-hybridized carbons (Fsp3) is 0.471. The molecule has 0 fully saturated rings. The Labute approximate surface area is 194 Å². The summed E-state index contributed by atoms with van der Waals surface area (Å²) in [4.78, 5) is 29.2. The van der Waals surface area contributed by atoms with Gasteiger partial charge in [0.15, 0.2) is 0 Å². The van der Waals surface area contributed by atoms with Gasteiger partial charge in [-0.3, -0.25) is 33.8 Å². The van der Waals surface area contributed by atoms with Crippen LogP contribution in [0.25, 0.3) is 0 Å². The van der Waals surface area contributed by atoms with Crippen LogP contribution in [0.2, 0.25) is 0 Å². The lowest BCUT2D eigenvalue weighted by molar-refractivity contribution is -0.119. The van der Waals surface area contributed by atoms with E-state index in [-0.39, 0.29) is 30.1 Å². The summed E-state index contributed by atoms with van der Waals surface area (Å²) in [7, 11) is -8.28. The molecule has 0 aromatic carbocycles. The van der Waals surface area contributed by atoms with Crippen LogP contribution in [0.1, 0.15) is 34.7 Å². The number of ketones is 1. The molecule has 2 aromatic rings. The van der Waals surface area contributed by atoms with E-state index in [1.54, 1.807) is 0 Å². The summed E-state index contributed by atoms with van der Waals surface area (Å²) < 4.78 is 62.0. The van der Waals surface area contributed by atoms with Crippen molar-refractivity contribution in [2.24, 2.45) is 0 Å². The van der Waals surface area contributed by atoms with Crippen molar-refractivity contribution in [3.63, 3.8) is 0 Å². The summed E-state index contributed by atoms with van der Waals surface area (Å²) in [6.45, 7) is 0. The second-order valence-corrected chi connectivity index (χ2v) is 12.3. The molecule has 2 aromatic heterocycles. The van der Waals surface area contributed by atoms with Gasteiger partial charge >= 0.3 is 0 Å². The van der Waals surface area contributed by atoms with Gasteiger partial charge in [-0.1, -0.05) is 0 Å². The van der Waals surface area contributed by atoms with Gasteiger partial charge in [0.1, 0.15) is 5.78 Å². The number of nitrogens with zero attached hydrogens (tertiary/aromatic N) is 4. The maximum atomic E-state index is 12.9. The van der Waals surface area contributed by atoms with Gasteiger partial charge < -0.3 is 0 Å². The van der Waals surface area contributed by atoms with Crippen LogP contribution >= 0.6 is 23.5 Å². The van der Waals surface area contributed by atoms with Crippen molar-refractivity contribution in [3.8, 4) is 0 Å². The number of rotatable bonds is 14. The van der Waals surface area contributed by atoms with Gasteiger partial charge in [-0.2, -0.15) is 40.4 Å². The van der Waals surface area contributed by atoms with Crippen molar-refractivity contribution in [1.82, 2.24) is 19.9 Å². The molecule has 0 saturated carbocycles. The zero-order valence-electron chi connectivity index (χ0n) is 16.7. The summed E-state index contributed by atoms with van der Waals surface area (Å²) >= 11 is 2.33. The van der Waals surface area contributed by atoms with Crippen LogP contribution in [0.4, 0.5) is 0 Å².